The van der Waals surface area contributed by atoms with E-state index in [1.807, 2.05) is 38.1 Å². The first-order valence-electron chi connectivity index (χ1n) is 7.81. The van der Waals surface area contributed by atoms with Gasteiger partial charge in [-0.1, -0.05) is 32.0 Å². The molecule has 0 atom stereocenters. The highest BCUT2D eigenvalue weighted by molar-refractivity contribution is 5.99. The number of carbonyl (C=O) groups excluding carboxylic acids is 2. The first-order chi connectivity index (χ1) is 11.4. The van der Waals surface area contributed by atoms with Crippen molar-refractivity contribution in [2.75, 3.05) is 10.6 Å². The molecule has 2 aromatic rings. The van der Waals surface area contributed by atoms with E-state index in [4.69, 9.17) is 0 Å². The van der Waals surface area contributed by atoms with Crippen LogP contribution in [0, 0.1) is 11.7 Å². The van der Waals surface area contributed by atoms with Gasteiger partial charge in [0.2, 0.25) is 5.91 Å². The molecular weight excluding hydrogens is 307 g/mol. The summed E-state index contributed by atoms with van der Waals surface area (Å²) in [6.45, 7) is 5.45. The second-order valence-corrected chi connectivity index (χ2v) is 5.91. The van der Waals surface area contributed by atoms with Gasteiger partial charge in [-0.25, -0.2) is 4.39 Å². The molecule has 0 aliphatic carbocycles. The van der Waals surface area contributed by atoms with Crippen LogP contribution >= 0.6 is 0 Å². The van der Waals surface area contributed by atoms with Crippen molar-refractivity contribution in [2.24, 2.45) is 5.92 Å². The predicted octanol–water partition coefficient (Wildman–Crippen LogP) is 4.23. The van der Waals surface area contributed by atoms with Gasteiger partial charge >= 0.3 is 0 Å². The highest BCUT2D eigenvalue weighted by atomic mass is 19.1. The molecular formula is C19H21FN2O2. The Kier molecular flexibility index (Phi) is 5.68. The van der Waals surface area contributed by atoms with Gasteiger partial charge in [-0.3, -0.25) is 9.59 Å². The molecule has 1 amide bonds. The lowest BCUT2D eigenvalue weighted by Crippen LogP contribution is -2.17. The van der Waals surface area contributed by atoms with Crippen molar-refractivity contribution in [3.8, 4) is 0 Å². The molecule has 2 rings (SSSR count). The first kappa shape index (κ1) is 17.7. The molecule has 2 aromatic carbocycles. The fourth-order valence-electron chi connectivity index (χ4n) is 2.22. The molecule has 2 N–H and O–H groups in total. The number of nitrogens with one attached hydrogen (secondary N) is 2. The van der Waals surface area contributed by atoms with Crippen molar-refractivity contribution in [2.45, 2.75) is 27.3 Å². The molecule has 0 saturated heterocycles. The monoisotopic (exact) mass is 328 g/mol. The molecule has 0 heterocycles. The summed E-state index contributed by atoms with van der Waals surface area (Å²) in [4.78, 5) is 23.2. The van der Waals surface area contributed by atoms with E-state index in [2.05, 4.69) is 10.6 Å². The van der Waals surface area contributed by atoms with E-state index >= 15 is 0 Å². The fourth-order valence-corrected chi connectivity index (χ4v) is 2.22. The fraction of sp³-hybridized carbons (Fsp3) is 0.263. The summed E-state index contributed by atoms with van der Waals surface area (Å²) in [6.07, 6.45) is 0. The highest BCUT2D eigenvalue weighted by Gasteiger charge is 2.12. The first-order valence-corrected chi connectivity index (χ1v) is 7.81. The zero-order chi connectivity index (χ0) is 17.7. The van der Waals surface area contributed by atoms with Crippen LogP contribution in [0.15, 0.2) is 42.5 Å². The van der Waals surface area contributed by atoms with Crippen LogP contribution in [0.3, 0.4) is 0 Å². The zero-order valence-corrected chi connectivity index (χ0v) is 14.0. The van der Waals surface area contributed by atoms with Gasteiger partial charge in [0.15, 0.2) is 5.78 Å². The average molecular weight is 328 g/mol. The third-order valence-electron chi connectivity index (χ3n) is 3.59. The Bertz CT molecular complexity index is 740. The Morgan fingerprint density at radius 3 is 2.33 bits per heavy atom. The van der Waals surface area contributed by atoms with Gasteiger partial charge < -0.3 is 10.6 Å². The molecule has 24 heavy (non-hydrogen) atoms. The topological polar surface area (TPSA) is 58.2 Å². The van der Waals surface area contributed by atoms with Crippen LogP contribution in [-0.2, 0) is 11.3 Å². The second kappa shape index (κ2) is 7.73. The molecule has 126 valence electrons. The normalized spacial score (nSPS) is 10.5. The smallest absolute Gasteiger partial charge is 0.226 e. The van der Waals surface area contributed by atoms with Crippen molar-refractivity contribution in [1.29, 1.82) is 0 Å². The Hall–Kier alpha value is -2.69. The van der Waals surface area contributed by atoms with Crippen LogP contribution in [-0.4, -0.2) is 11.7 Å². The Morgan fingerprint density at radius 1 is 1.08 bits per heavy atom. The van der Waals surface area contributed by atoms with Gasteiger partial charge in [0.25, 0.3) is 0 Å². The van der Waals surface area contributed by atoms with E-state index in [1.54, 1.807) is 12.1 Å². The average Bonchev–Trinajstić information content (AvgIpc) is 2.53. The third-order valence-corrected chi connectivity index (χ3v) is 3.59. The number of ketones is 1. The maximum atomic E-state index is 13.8. The zero-order valence-electron chi connectivity index (χ0n) is 14.0. The van der Waals surface area contributed by atoms with E-state index in [0.29, 0.717) is 12.2 Å². The van der Waals surface area contributed by atoms with Crippen molar-refractivity contribution in [1.82, 2.24) is 0 Å². The van der Waals surface area contributed by atoms with Crippen LogP contribution in [0.4, 0.5) is 15.8 Å². The summed E-state index contributed by atoms with van der Waals surface area (Å²) < 4.78 is 13.8. The molecule has 0 radical (unpaired) electrons. The minimum absolute atomic E-state index is 0.0354. The van der Waals surface area contributed by atoms with Gasteiger partial charge in [0.1, 0.15) is 5.82 Å². The molecule has 0 fully saturated rings. The minimum Gasteiger partial charge on any atom is -0.380 e. The number of hydrogen-bond donors (Lipinski definition) is 2. The molecule has 0 aliphatic heterocycles. The molecule has 0 aliphatic rings. The summed E-state index contributed by atoms with van der Waals surface area (Å²) in [5.74, 6) is -0.961. The summed E-state index contributed by atoms with van der Waals surface area (Å²) >= 11 is 0. The molecule has 0 saturated carbocycles. The molecule has 0 aromatic heterocycles. The molecule has 5 heteroatoms. The number of hydrogen-bond acceptors (Lipinski definition) is 3. The summed E-state index contributed by atoms with van der Waals surface area (Å²) in [7, 11) is 0. The van der Waals surface area contributed by atoms with Crippen molar-refractivity contribution < 1.29 is 14.0 Å². The number of halogens is 1. The number of carbonyl (C=O) groups is 2. The second-order valence-electron chi connectivity index (χ2n) is 5.91. The predicted molar refractivity (Wildman–Crippen MR) is 93.6 cm³/mol. The van der Waals surface area contributed by atoms with Gasteiger partial charge in [0, 0.05) is 23.8 Å². The maximum absolute atomic E-state index is 13.8. The standard InChI is InChI=1S/C19H21FN2O2/c1-12(2)19(24)22-15-9-7-14(8-10-15)11-21-17-6-4-5-16(20)18(17)13(3)23/h4-10,12,21H,11H2,1-3H3,(H,22,24). The highest BCUT2D eigenvalue weighted by Crippen LogP contribution is 2.20. The molecule has 0 spiro atoms. The van der Waals surface area contributed by atoms with Crippen LogP contribution in [0.1, 0.15) is 36.7 Å². The van der Waals surface area contributed by atoms with E-state index in [1.165, 1.54) is 13.0 Å². The van der Waals surface area contributed by atoms with Crippen LogP contribution in [0.5, 0.6) is 0 Å². The van der Waals surface area contributed by atoms with Crippen LogP contribution < -0.4 is 10.6 Å². The number of Topliss-reactive ketones (excluding diaryl/α,β-unsaturated/α-hetero) is 1. The maximum Gasteiger partial charge on any atom is 0.226 e. The molecule has 0 bridgehead atoms. The quantitative estimate of drug-likeness (QED) is 0.780. The minimum atomic E-state index is -0.528. The summed E-state index contributed by atoms with van der Waals surface area (Å²) in [5.41, 5.74) is 2.22. The van der Waals surface area contributed by atoms with Gasteiger partial charge in [-0.05, 0) is 36.8 Å². The van der Waals surface area contributed by atoms with Crippen LogP contribution in [0.2, 0.25) is 0 Å². The Morgan fingerprint density at radius 2 is 1.75 bits per heavy atom. The van der Waals surface area contributed by atoms with Crippen LogP contribution in [0.25, 0.3) is 0 Å². The SMILES string of the molecule is CC(=O)c1c(F)cccc1NCc1ccc(NC(=O)C(C)C)cc1. The lowest BCUT2D eigenvalue weighted by Gasteiger charge is -2.12. The number of amides is 1. The third kappa shape index (κ3) is 4.41. The van der Waals surface area contributed by atoms with Gasteiger partial charge in [-0.15, -0.1) is 0 Å². The van der Waals surface area contributed by atoms with Gasteiger partial charge in [-0.2, -0.15) is 0 Å². The Balaban J connectivity index is 2.04. The van der Waals surface area contributed by atoms with E-state index in [9.17, 15) is 14.0 Å². The van der Waals surface area contributed by atoms with Crippen molar-refractivity contribution in [3.63, 3.8) is 0 Å². The molecule has 4 nitrogen and oxygen atoms in total. The number of benzene rings is 2. The van der Waals surface area contributed by atoms with E-state index in [-0.39, 0.29) is 23.2 Å². The Labute approximate surface area is 141 Å². The largest absolute Gasteiger partial charge is 0.380 e. The lowest BCUT2D eigenvalue weighted by atomic mass is 10.1. The van der Waals surface area contributed by atoms with Gasteiger partial charge in [0.05, 0.1) is 5.56 Å². The van der Waals surface area contributed by atoms with Crippen molar-refractivity contribution in [3.05, 3.63) is 59.4 Å². The number of anilines is 2. The number of rotatable bonds is 6. The molecule has 0 unspecified atom stereocenters. The summed E-state index contributed by atoms with van der Waals surface area (Å²) in [5, 5.41) is 5.90. The van der Waals surface area contributed by atoms with E-state index in [0.717, 1.165) is 11.3 Å². The summed E-state index contributed by atoms with van der Waals surface area (Å²) in [6, 6.07) is 11.9. The van der Waals surface area contributed by atoms with Crippen molar-refractivity contribution >= 4 is 23.1 Å². The lowest BCUT2D eigenvalue weighted by molar-refractivity contribution is -0.118. The van der Waals surface area contributed by atoms with E-state index < -0.39 is 5.82 Å².